The van der Waals surface area contributed by atoms with Crippen LogP contribution in [0.15, 0.2) is 0 Å². The highest BCUT2D eigenvalue weighted by atomic mass is 16.6. The van der Waals surface area contributed by atoms with Crippen LogP contribution in [0.3, 0.4) is 0 Å². The van der Waals surface area contributed by atoms with E-state index in [1.807, 2.05) is 0 Å². The predicted molar refractivity (Wildman–Crippen MR) is 233 cm³/mol. The monoisotopic (exact) mass is 779 g/mol. The molecule has 0 amide bonds. The van der Waals surface area contributed by atoms with Crippen LogP contribution in [0.1, 0.15) is 278 Å². The van der Waals surface area contributed by atoms with Crippen LogP contribution >= 0.6 is 0 Å². The Hall–Kier alpha value is -1.59. The molecular weight excluding hydrogens is 685 g/mol. The topological polar surface area (TPSA) is 78.9 Å². The van der Waals surface area contributed by atoms with Crippen molar-refractivity contribution in [3.63, 3.8) is 0 Å². The summed E-state index contributed by atoms with van der Waals surface area (Å²) in [5.74, 6) is -0.852. The van der Waals surface area contributed by atoms with Crippen molar-refractivity contribution in [1.82, 2.24) is 0 Å². The van der Waals surface area contributed by atoms with Gasteiger partial charge in [-0.3, -0.25) is 14.4 Å². The highest BCUT2D eigenvalue weighted by Crippen LogP contribution is 2.16. The lowest BCUT2D eigenvalue weighted by atomic mass is 10.0. The summed E-state index contributed by atoms with van der Waals surface area (Å²) >= 11 is 0. The van der Waals surface area contributed by atoms with E-state index in [0.29, 0.717) is 19.3 Å². The summed E-state index contributed by atoms with van der Waals surface area (Å²) in [5.41, 5.74) is 0. The molecule has 6 heteroatoms. The highest BCUT2D eigenvalue weighted by Gasteiger charge is 2.19. The third kappa shape index (κ3) is 43.4. The molecule has 0 heterocycles. The molecule has 326 valence electrons. The minimum atomic E-state index is -0.757. The van der Waals surface area contributed by atoms with Crippen molar-refractivity contribution in [2.45, 2.75) is 284 Å². The van der Waals surface area contributed by atoms with Crippen LogP contribution in [-0.4, -0.2) is 37.2 Å². The van der Waals surface area contributed by atoms with Gasteiger partial charge in [0.05, 0.1) is 0 Å². The van der Waals surface area contributed by atoms with Crippen LogP contribution < -0.4 is 0 Å². The van der Waals surface area contributed by atoms with Gasteiger partial charge < -0.3 is 14.2 Å². The van der Waals surface area contributed by atoms with Crippen molar-refractivity contribution in [2.75, 3.05) is 13.2 Å². The molecule has 0 aliphatic carbocycles. The Balaban J connectivity index is 4.18. The number of ether oxygens (including phenoxy) is 3. The maximum absolute atomic E-state index is 12.6. The van der Waals surface area contributed by atoms with Crippen molar-refractivity contribution in [1.29, 1.82) is 0 Å². The summed E-state index contributed by atoms with van der Waals surface area (Å²) in [6, 6.07) is 0. The third-order valence-corrected chi connectivity index (χ3v) is 11.1. The maximum Gasteiger partial charge on any atom is 0.306 e. The fourth-order valence-corrected chi connectivity index (χ4v) is 7.38. The Labute approximate surface area is 342 Å². The van der Waals surface area contributed by atoms with E-state index < -0.39 is 6.10 Å². The number of hydrogen-bond acceptors (Lipinski definition) is 6. The first kappa shape index (κ1) is 53.4. The Kier molecular flexibility index (Phi) is 43.8. The first-order chi connectivity index (χ1) is 27.0. The number of esters is 3. The third-order valence-electron chi connectivity index (χ3n) is 11.1. The lowest BCUT2D eigenvalue weighted by Gasteiger charge is -2.18. The molecule has 0 rings (SSSR count). The molecule has 0 aliphatic rings. The van der Waals surface area contributed by atoms with Crippen LogP contribution in [0, 0.1) is 0 Å². The Morgan fingerprint density at radius 1 is 0.291 bits per heavy atom. The first-order valence-corrected chi connectivity index (χ1v) is 24.5. The zero-order chi connectivity index (χ0) is 40.1. The molecule has 55 heavy (non-hydrogen) atoms. The van der Waals surface area contributed by atoms with Gasteiger partial charge in [0, 0.05) is 19.3 Å². The highest BCUT2D eigenvalue weighted by molar-refractivity contribution is 5.71. The van der Waals surface area contributed by atoms with Crippen LogP contribution in [0.2, 0.25) is 0 Å². The van der Waals surface area contributed by atoms with E-state index >= 15 is 0 Å². The second-order valence-corrected chi connectivity index (χ2v) is 16.7. The first-order valence-electron chi connectivity index (χ1n) is 24.5. The van der Waals surface area contributed by atoms with Gasteiger partial charge in [-0.05, 0) is 19.3 Å². The average molecular weight is 779 g/mol. The van der Waals surface area contributed by atoms with Crippen molar-refractivity contribution < 1.29 is 28.6 Å². The van der Waals surface area contributed by atoms with E-state index in [2.05, 4.69) is 20.8 Å². The minimum absolute atomic E-state index is 0.0629. The number of hydrogen-bond donors (Lipinski definition) is 0. The molecule has 0 aliphatic heterocycles. The van der Waals surface area contributed by atoms with Gasteiger partial charge >= 0.3 is 17.9 Å². The normalized spacial score (nSPS) is 11.3. The van der Waals surface area contributed by atoms with Gasteiger partial charge in [0.15, 0.2) is 6.10 Å². The van der Waals surface area contributed by atoms with E-state index in [1.54, 1.807) is 0 Å². The summed E-state index contributed by atoms with van der Waals surface area (Å²) in [4.78, 5) is 37.7. The number of carbonyl (C=O) groups excluding carboxylic acids is 3. The molecule has 0 spiro atoms. The molecule has 0 aromatic rings. The molecule has 0 fully saturated rings. The zero-order valence-electron chi connectivity index (χ0n) is 37.2. The summed E-state index contributed by atoms with van der Waals surface area (Å²) in [6.45, 7) is 6.63. The molecule has 0 aromatic heterocycles. The lowest BCUT2D eigenvalue weighted by Crippen LogP contribution is -2.30. The minimum Gasteiger partial charge on any atom is -0.462 e. The molecule has 0 saturated carbocycles. The zero-order valence-corrected chi connectivity index (χ0v) is 37.2. The maximum atomic E-state index is 12.6. The van der Waals surface area contributed by atoms with E-state index in [0.717, 1.165) is 57.8 Å². The van der Waals surface area contributed by atoms with Crippen molar-refractivity contribution in [2.24, 2.45) is 0 Å². The SMILES string of the molecule is CCCCCCCCCCCCCCCCCC(=O)OCC(COC(=O)CCCCCCCCCCCCCCCCC)OC(=O)CCCCCCCCC. The molecule has 0 aromatic carbocycles. The van der Waals surface area contributed by atoms with Crippen LogP contribution in [0.4, 0.5) is 0 Å². The van der Waals surface area contributed by atoms with Crippen molar-refractivity contribution >= 4 is 17.9 Å². The number of rotatable bonds is 45. The second-order valence-electron chi connectivity index (χ2n) is 16.7. The van der Waals surface area contributed by atoms with Gasteiger partial charge in [-0.15, -0.1) is 0 Å². The van der Waals surface area contributed by atoms with Gasteiger partial charge in [-0.25, -0.2) is 0 Å². The molecule has 0 saturated heterocycles. The summed E-state index contributed by atoms with van der Waals surface area (Å²) < 4.78 is 16.7. The molecule has 0 N–H and O–H groups in total. The number of unbranched alkanes of at least 4 members (excludes halogenated alkanes) is 34. The number of carbonyl (C=O) groups is 3. The lowest BCUT2D eigenvalue weighted by molar-refractivity contribution is -0.167. The predicted octanol–water partition coefficient (Wildman–Crippen LogP) is 15.6. The van der Waals surface area contributed by atoms with E-state index in [1.165, 1.54) is 180 Å². The molecule has 0 bridgehead atoms. The Morgan fingerprint density at radius 2 is 0.491 bits per heavy atom. The molecule has 0 unspecified atom stereocenters. The summed E-state index contributed by atoms with van der Waals surface area (Å²) in [5, 5.41) is 0. The van der Waals surface area contributed by atoms with Gasteiger partial charge in [-0.2, -0.15) is 0 Å². The Morgan fingerprint density at radius 3 is 0.727 bits per heavy atom. The van der Waals surface area contributed by atoms with E-state index in [9.17, 15) is 14.4 Å². The van der Waals surface area contributed by atoms with Crippen LogP contribution in [0.25, 0.3) is 0 Å². The summed E-state index contributed by atoms with van der Waals surface area (Å²) in [6.07, 6.45) is 46.7. The largest absolute Gasteiger partial charge is 0.462 e. The van der Waals surface area contributed by atoms with Crippen molar-refractivity contribution in [3.8, 4) is 0 Å². The van der Waals surface area contributed by atoms with E-state index in [4.69, 9.17) is 14.2 Å². The molecule has 0 atom stereocenters. The molecule has 0 radical (unpaired) electrons. The van der Waals surface area contributed by atoms with Gasteiger partial charge in [-0.1, -0.05) is 239 Å². The second kappa shape index (κ2) is 45.1. The summed E-state index contributed by atoms with van der Waals surface area (Å²) in [7, 11) is 0. The van der Waals surface area contributed by atoms with Gasteiger partial charge in [0.25, 0.3) is 0 Å². The van der Waals surface area contributed by atoms with Crippen LogP contribution in [-0.2, 0) is 28.6 Å². The van der Waals surface area contributed by atoms with Gasteiger partial charge in [0.1, 0.15) is 13.2 Å². The van der Waals surface area contributed by atoms with E-state index in [-0.39, 0.29) is 31.1 Å². The van der Waals surface area contributed by atoms with Gasteiger partial charge in [0.2, 0.25) is 0 Å². The fraction of sp³-hybridized carbons (Fsp3) is 0.939. The standard InChI is InChI=1S/C49H94O6/c1-4-7-10-13-16-18-20-22-24-26-28-30-33-35-38-41-47(50)53-44-46(55-49(52)43-40-37-32-15-12-9-6-3)45-54-48(51)42-39-36-34-31-29-27-25-23-21-19-17-14-11-8-5-2/h46H,4-45H2,1-3H3. The Bertz CT molecular complexity index is 763. The average Bonchev–Trinajstić information content (AvgIpc) is 3.18. The molecular formula is C49H94O6. The smallest absolute Gasteiger partial charge is 0.306 e. The van der Waals surface area contributed by atoms with Crippen LogP contribution in [0.5, 0.6) is 0 Å². The molecule has 6 nitrogen and oxygen atoms in total. The quantitative estimate of drug-likeness (QED) is 0.0348. The van der Waals surface area contributed by atoms with Crippen molar-refractivity contribution in [3.05, 3.63) is 0 Å². The fourth-order valence-electron chi connectivity index (χ4n) is 7.38.